The van der Waals surface area contributed by atoms with Gasteiger partial charge in [-0.3, -0.25) is 4.90 Å². The van der Waals surface area contributed by atoms with E-state index in [2.05, 4.69) is 25.1 Å². The number of hydrogen-bond acceptors (Lipinski definition) is 5. The topological polar surface area (TPSA) is 76.2 Å². The number of sulfonamides is 1. The van der Waals surface area contributed by atoms with E-state index in [-0.39, 0.29) is 11.8 Å². The van der Waals surface area contributed by atoms with Gasteiger partial charge in [0.05, 0.1) is 18.9 Å². The Bertz CT molecular complexity index is 1120. The van der Waals surface area contributed by atoms with Crippen molar-refractivity contribution >= 4 is 16.1 Å². The Labute approximate surface area is 209 Å². The zero-order valence-corrected chi connectivity index (χ0v) is 21.8. The van der Waals surface area contributed by atoms with Crippen molar-refractivity contribution in [2.45, 2.75) is 64.4 Å². The summed E-state index contributed by atoms with van der Waals surface area (Å²) >= 11 is 0. The molecule has 0 atom stereocenters. The summed E-state index contributed by atoms with van der Waals surface area (Å²) in [5.74, 6) is 0.710. The number of piperidine rings is 1. The molecule has 1 spiro atoms. The maximum absolute atomic E-state index is 13.1. The van der Waals surface area contributed by atoms with Crippen LogP contribution in [-0.2, 0) is 27.1 Å². The third-order valence-electron chi connectivity index (χ3n) is 6.76. The van der Waals surface area contributed by atoms with E-state index >= 15 is 0 Å². The predicted octanol–water partition coefficient (Wildman–Crippen LogP) is 4.80. The van der Waals surface area contributed by atoms with Crippen LogP contribution in [-0.4, -0.2) is 55.6 Å². The van der Waals surface area contributed by atoms with Crippen molar-refractivity contribution in [3.8, 4) is 5.75 Å². The average molecular weight is 501 g/mol. The van der Waals surface area contributed by atoms with Crippen molar-refractivity contribution in [3.63, 3.8) is 0 Å². The standard InChI is InChI=1S/C27H36N2O5S/c1-4-5-14-33-25-8-6-23(7-9-25)19-35(31,32)29-12-10-27(11-13-29)20-28(26(30)34-27)18-24-16-21(2)15-22(3)17-24/h6-9,15-17H,4-5,10-14,18-20H2,1-3H3. The summed E-state index contributed by atoms with van der Waals surface area (Å²) < 4.78 is 39.1. The fraction of sp³-hybridized carbons (Fsp3) is 0.519. The molecule has 2 aromatic rings. The Balaban J connectivity index is 1.32. The molecule has 2 saturated heterocycles. The smallest absolute Gasteiger partial charge is 0.410 e. The van der Waals surface area contributed by atoms with Crippen LogP contribution in [0, 0.1) is 13.8 Å². The molecule has 1 amide bonds. The molecule has 190 valence electrons. The van der Waals surface area contributed by atoms with Crippen LogP contribution in [0.2, 0.25) is 0 Å². The highest BCUT2D eigenvalue weighted by atomic mass is 32.2. The summed E-state index contributed by atoms with van der Waals surface area (Å²) in [4.78, 5) is 14.4. The minimum atomic E-state index is -3.46. The first kappa shape index (κ1) is 25.5. The first-order chi connectivity index (χ1) is 16.7. The molecule has 0 radical (unpaired) electrons. The van der Waals surface area contributed by atoms with Crippen LogP contribution < -0.4 is 4.74 Å². The Morgan fingerprint density at radius 1 is 1.00 bits per heavy atom. The predicted molar refractivity (Wildman–Crippen MR) is 136 cm³/mol. The minimum Gasteiger partial charge on any atom is -0.494 e. The highest BCUT2D eigenvalue weighted by Crippen LogP contribution is 2.35. The molecule has 35 heavy (non-hydrogen) atoms. The lowest BCUT2D eigenvalue weighted by atomic mass is 9.92. The maximum atomic E-state index is 13.1. The third kappa shape index (κ3) is 6.35. The van der Waals surface area contributed by atoms with Crippen LogP contribution in [0.3, 0.4) is 0 Å². The number of hydrogen-bond donors (Lipinski definition) is 0. The highest BCUT2D eigenvalue weighted by Gasteiger charge is 2.48. The van der Waals surface area contributed by atoms with Gasteiger partial charge in [0.2, 0.25) is 10.0 Å². The first-order valence-electron chi connectivity index (χ1n) is 12.4. The molecule has 8 heteroatoms. The Morgan fingerprint density at radius 2 is 1.66 bits per heavy atom. The molecule has 2 aromatic carbocycles. The van der Waals surface area contributed by atoms with E-state index in [1.165, 1.54) is 15.4 Å². The molecule has 2 aliphatic heterocycles. The van der Waals surface area contributed by atoms with Crippen molar-refractivity contribution < 1.29 is 22.7 Å². The Morgan fingerprint density at radius 3 is 2.29 bits per heavy atom. The summed E-state index contributed by atoms with van der Waals surface area (Å²) in [5.41, 5.74) is 3.54. The summed E-state index contributed by atoms with van der Waals surface area (Å²) in [6.07, 6.45) is 2.75. The normalized spacial score (nSPS) is 18.1. The summed E-state index contributed by atoms with van der Waals surface area (Å²) in [6.45, 7) is 8.57. The van der Waals surface area contributed by atoms with Gasteiger partial charge < -0.3 is 9.47 Å². The van der Waals surface area contributed by atoms with Gasteiger partial charge in [0.15, 0.2) is 0 Å². The number of carbonyl (C=O) groups is 1. The van der Waals surface area contributed by atoms with Crippen LogP contribution in [0.15, 0.2) is 42.5 Å². The number of ether oxygens (including phenoxy) is 2. The van der Waals surface area contributed by atoms with Crippen LogP contribution >= 0.6 is 0 Å². The van der Waals surface area contributed by atoms with E-state index < -0.39 is 15.6 Å². The molecule has 0 N–H and O–H groups in total. The summed E-state index contributed by atoms with van der Waals surface area (Å²) in [7, 11) is -3.46. The highest BCUT2D eigenvalue weighted by molar-refractivity contribution is 7.88. The average Bonchev–Trinajstić information content (AvgIpc) is 3.08. The first-order valence-corrected chi connectivity index (χ1v) is 14.0. The fourth-order valence-corrected chi connectivity index (χ4v) is 6.48. The van der Waals surface area contributed by atoms with Crippen molar-refractivity contribution in [1.82, 2.24) is 9.21 Å². The largest absolute Gasteiger partial charge is 0.494 e. The number of unbranched alkanes of at least 4 members (excludes halogenated alkanes) is 1. The van der Waals surface area contributed by atoms with Crippen molar-refractivity contribution in [2.24, 2.45) is 0 Å². The second-order valence-corrected chi connectivity index (χ2v) is 11.9. The molecule has 0 aliphatic carbocycles. The van der Waals surface area contributed by atoms with Gasteiger partial charge in [-0.15, -0.1) is 0 Å². The fourth-order valence-electron chi connectivity index (χ4n) is 4.95. The zero-order chi connectivity index (χ0) is 25.1. The van der Waals surface area contributed by atoms with E-state index in [9.17, 15) is 13.2 Å². The van der Waals surface area contributed by atoms with Gasteiger partial charge in [-0.1, -0.05) is 54.8 Å². The Kier molecular flexibility index (Phi) is 7.71. The zero-order valence-electron chi connectivity index (χ0n) is 21.0. The molecule has 0 bridgehead atoms. The lowest BCUT2D eigenvalue weighted by Gasteiger charge is -2.36. The summed E-state index contributed by atoms with van der Waals surface area (Å²) in [6, 6.07) is 13.6. The second-order valence-electron chi connectivity index (χ2n) is 9.90. The number of carbonyl (C=O) groups excluding carboxylic acids is 1. The van der Waals surface area contributed by atoms with Gasteiger partial charge in [0, 0.05) is 32.5 Å². The van der Waals surface area contributed by atoms with Crippen LogP contribution in [0.4, 0.5) is 4.79 Å². The minimum absolute atomic E-state index is 0.0478. The van der Waals surface area contributed by atoms with Gasteiger partial charge in [-0.25, -0.2) is 17.5 Å². The number of aryl methyl sites for hydroxylation is 2. The molecule has 2 aliphatic rings. The van der Waals surface area contributed by atoms with E-state index in [1.54, 1.807) is 4.90 Å². The number of rotatable bonds is 9. The van der Waals surface area contributed by atoms with Gasteiger partial charge in [-0.2, -0.15) is 0 Å². The second kappa shape index (κ2) is 10.6. The lowest BCUT2D eigenvalue weighted by molar-refractivity contribution is 0.0172. The van der Waals surface area contributed by atoms with Gasteiger partial charge in [0.25, 0.3) is 0 Å². The molecule has 0 aromatic heterocycles. The molecular formula is C27H36N2O5S. The molecular weight excluding hydrogens is 464 g/mol. The molecule has 0 unspecified atom stereocenters. The van der Waals surface area contributed by atoms with Crippen molar-refractivity contribution in [3.05, 3.63) is 64.7 Å². The quantitative estimate of drug-likeness (QED) is 0.463. The van der Waals surface area contributed by atoms with Crippen LogP contribution in [0.25, 0.3) is 0 Å². The Hall–Kier alpha value is -2.58. The molecule has 0 saturated carbocycles. The third-order valence-corrected chi connectivity index (χ3v) is 8.61. The number of benzene rings is 2. The maximum Gasteiger partial charge on any atom is 0.410 e. The van der Waals surface area contributed by atoms with E-state index in [0.29, 0.717) is 45.6 Å². The van der Waals surface area contributed by atoms with E-state index in [1.807, 2.05) is 38.1 Å². The summed E-state index contributed by atoms with van der Waals surface area (Å²) in [5, 5.41) is 0. The number of nitrogens with zero attached hydrogens (tertiary/aromatic N) is 2. The lowest BCUT2D eigenvalue weighted by Crippen LogP contribution is -2.48. The van der Waals surface area contributed by atoms with E-state index in [4.69, 9.17) is 9.47 Å². The van der Waals surface area contributed by atoms with E-state index in [0.717, 1.165) is 29.7 Å². The number of amides is 1. The molecule has 4 rings (SSSR count). The SMILES string of the molecule is CCCCOc1ccc(CS(=O)(=O)N2CCC3(CC2)CN(Cc2cc(C)cc(C)c2)C(=O)O3)cc1. The molecule has 2 heterocycles. The van der Waals surface area contributed by atoms with Gasteiger partial charge >= 0.3 is 6.09 Å². The van der Waals surface area contributed by atoms with Gasteiger partial charge in [-0.05, 0) is 43.5 Å². The monoisotopic (exact) mass is 500 g/mol. The van der Waals surface area contributed by atoms with Crippen molar-refractivity contribution in [2.75, 3.05) is 26.2 Å². The van der Waals surface area contributed by atoms with Crippen LogP contribution in [0.5, 0.6) is 5.75 Å². The van der Waals surface area contributed by atoms with Gasteiger partial charge in [0.1, 0.15) is 11.4 Å². The molecule has 2 fully saturated rings. The van der Waals surface area contributed by atoms with Crippen LogP contribution in [0.1, 0.15) is 54.9 Å². The van der Waals surface area contributed by atoms with Crippen molar-refractivity contribution in [1.29, 1.82) is 0 Å². The molecule has 7 nitrogen and oxygen atoms in total.